The van der Waals surface area contributed by atoms with Gasteiger partial charge in [-0.05, 0) is 25.0 Å². The Morgan fingerprint density at radius 2 is 2.05 bits per heavy atom. The van der Waals surface area contributed by atoms with Gasteiger partial charge in [0.25, 0.3) is 5.91 Å². The maximum Gasteiger partial charge on any atom is 0.272 e. The highest BCUT2D eigenvalue weighted by Crippen LogP contribution is 2.18. The highest BCUT2D eigenvalue weighted by molar-refractivity contribution is 5.92. The predicted octanol–water partition coefficient (Wildman–Crippen LogP) is 3.40. The summed E-state index contributed by atoms with van der Waals surface area (Å²) in [5, 5.41) is 3.23. The SMILES string of the molecule is CCCCN(C)C(=O)c1cc(Nc2ccccc2C)ncn1. The smallest absolute Gasteiger partial charge is 0.272 e. The summed E-state index contributed by atoms with van der Waals surface area (Å²) >= 11 is 0. The number of hydrogen-bond donors (Lipinski definition) is 1. The Hall–Kier alpha value is -2.43. The molecule has 116 valence electrons. The second-order valence-electron chi connectivity index (χ2n) is 5.31. The molecule has 5 heteroatoms. The number of rotatable bonds is 6. The van der Waals surface area contributed by atoms with Gasteiger partial charge in [0, 0.05) is 25.3 Å². The number of carbonyl (C=O) groups excluding carboxylic acids is 1. The quantitative estimate of drug-likeness (QED) is 0.888. The maximum atomic E-state index is 12.3. The molecule has 1 amide bonds. The zero-order valence-corrected chi connectivity index (χ0v) is 13.3. The lowest BCUT2D eigenvalue weighted by atomic mass is 10.2. The number of benzene rings is 1. The van der Waals surface area contributed by atoms with Crippen molar-refractivity contribution in [2.75, 3.05) is 18.9 Å². The number of nitrogens with zero attached hydrogens (tertiary/aromatic N) is 3. The van der Waals surface area contributed by atoms with E-state index in [-0.39, 0.29) is 5.91 Å². The fourth-order valence-corrected chi connectivity index (χ4v) is 2.09. The van der Waals surface area contributed by atoms with Crippen LogP contribution in [0.25, 0.3) is 0 Å². The van der Waals surface area contributed by atoms with Crippen molar-refractivity contribution in [3.8, 4) is 0 Å². The molecule has 1 aromatic heterocycles. The number of aromatic nitrogens is 2. The van der Waals surface area contributed by atoms with Gasteiger partial charge in [-0.2, -0.15) is 0 Å². The third-order valence-electron chi connectivity index (χ3n) is 3.49. The minimum Gasteiger partial charge on any atom is -0.340 e. The van der Waals surface area contributed by atoms with Crippen LogP contribution in [0.2, 0.25) is 0 Å². The summed E-state index contributed by atoms with van der Waals surface area (Å²) in [4.78, 5) is 22.3. The van der Waals surface area contributed by atoms with E-state index in [9.17, 15) is 4.79 Å². The summed E-state index contributed by atoms with van der Waals surface area (Å²) in [6.45, 7) is 4.86. The second-order valence-corrected chi connectivity index (χ2v) is 5.31. The molecule has 0 aliphatic carbocycles. The fourth-order valence-electron chi connectivity index (χ4n) is 2.09. The van der Waals surface area contributed by atoms with Gasteiger partial charge in [0.2, 0.25) is 0 Å². The van der Waals surface area contributed by atoms with Crippen molar-refractivity contribution < 1.29 is 4.79 Å². The molecule has 0 bridgehead atoms. The van der Waals surface area contributed by atoms with Crippen LogP contribution >= 0.6 is 0 Å². The lowest BCUT2D eigenvalue weighted by molar-refractivity contribution is 0.0787. The zero-order chi connectivity index (χ0) is 15.9. The van der Waals surface area contributed by atoms with Crippen LogP contribution in [0.3, 0.4) is 0 Å². The van der Waals surface area contributed by atoms with Crippen LogP contribution in [0.5, 0.6) is 0 Å². The first kappa shape index (κ1) is 15.9. The molecule has 1 N–H and O–H groups in total. The van der Waals surface area contributed by atoms with Crippen LogP contribution in [-0.4, -0.2) is 34.4 Å². The third kappa shape index (κ3) is 4.04. The van der Waals surface area contributed by atoms with Crippen molar-refractivity contribution in [2.24, 2.45) is 0 Å². The third-order valence-corrected chi connectivity index (χ3v) is 3.49. The van der Waals surface area contributed by atoms with Gasteiger partial charge in [-0.25, -0.2) is 9.97 Å². The average Bonchev–Trinajstić information content (AvgIpc) is 2.54. The Labute approximate surface area is 131 Å². The highest BCUT2D eigenvalue weighted by atomic mass is 16.2. The number of anilines is 2. The van der Waals surface area contributed by atoms with Crippen LogP contribution in [0.1, 0.15) is 35.8 Å². The molecule has 0 aliphatic heterocycles. The zero-order valence-electron chi connectivity index (χ0n) is 13.3. The maximum absolute atomic E-state index is 12.3. The predicted molar refractivity (Wildman–Crippen MR) is 88.4 cm³/mol. The van der Waals surface area contributed by atoms with Gasteiger partial charge in [-0.3, -0.25) is 4.79 Å². The van der Waals surface area contributed by atoms with E-state index in [1.54, 1.807) is 18.0 Å². The Kier molecular flexibility index (Phi) is 5.47. The number of carbonyl (C=O) groups is 1. The molecule has 0 atom stereocenters. The minimum atomic E-state index is -0.0799. The molecular formula is C17H22N4O. The van der Waals surface area contributed by atoms with Crippen molar-refractivity contribution in [1.82, 2.24) is 14.9 Å². The van der Waals surface area contributed by atoms with Crippen molar-refractivity contribution in [1.29, 1.82) is 0 Å². The molecule has 5 nitrogen and oxygen atoms in total. The van der Waals surface area contributed by atoms with E-state index in [2.05, 4.69) is 22.2 Å². The van der Waals surface area contributed by atoms with Gasteiger partial charge in [0.1, 0.15) is 17.8 Å². The minimum absolute atomic E-state index is 0.0799. The Morgan fingerprint density at radius 1 is 1.27 bits per heavy atom. The average molecular weight is 298 g/mol. The largest absolute Gasteiger partial charge is 0.340 e. The molecule has 2 rings (SSSR count). The summed E-state index contributed by atoms with van der Waals surface area (Å²) in [5.74, 6) is 0.542. The van der Waals surface area contributed by atoms with Crippen molar-refractivity contribution in [2.45, 2.75) is 26.7 Å². The van der Waals surface area contributed by atoms with Crippen LogP contribution in [0.4, 0.5) is 11.5 Å². The van der Waals surface area contributed by atoms with E-state index in [4.69, 9.17) is 0 Å². The molecule has 0 unspecified atom stereocenters. The molecule has 0 fully saturated rings. The summed E-state index contributed by atoms with van der Waals surface area (Å²) in [6, 6.07) is 9.64. The molecule has 0 saturated carbocycles. The number of nitrogens with one attached hydrogen (secondary N) is 1. The molecule has 1 aromatic carbocycles. The number of unbranched alkanes of at least 4 members (excludes halogenated alkanes) is 1. The summed E-state index contributed by atoms with van der Waals surface area (Å²) in [5.41, 5.74) is 2.50. The van der Waals surface area contributed by atoms with Crippen LogP contribution in [0, 0.1) is 6.92 Å². The Morgan fingerprint density at radius 3 is 2.77 bits per heavy atom. The molecule has 1 heterocycles. The molecule has 2 aromatic rings. The summed E-state index contributed by atoms with van der Waals surface area (Å²) < 4.78 is 0. The highest BCUT2D eigenvalue weighted by Gasteiger charge is 2.13. The first-order chi connectivity index (χ1) is 10.6. The Balaban J connectivity index is 2.13. The van der Waals surface area contributed by atoms with Crippen LogP contribution < -0.4 is 5.32 Å². The van der Waals surface area contributed by atoms with E-state index in [0.29, 0.717) is 11.5 Å². The van der Waals surface area contributed by atoms with E-state index in [1.165, 1.54) is 6.33 Å². The van der Waals surface area contributed by atoms with Gasteiger partial charge < -0.3 is 10.2 Å². The van der Waals surface area contributed by atoms with E-state index in [0.717, 1.165) is 30.6 Å². The van der Waals surface area contributed by atoms with E-state index in [1.807, 2.05) is 31.2 Å². The topological polar surface area (TPSA) is 58.1 Å². The standard InChI is InChI=1S/C17H22N4O/c1-4-5-10-21(3)17(22)15-11-16(19-12-18-15)20-14-9-7-6-8-13(14)2/h6-9,11-12H,4-5,10H2,1-3H3,(H,18,19,20). The number of aryl methyl sites for hydroxylation is 1. The van der Waals surface area contributed by atoms with Crippen LogP contribution in [-0.2, 0) is 0 Å². The first-order valence-electron chi connectivity index (χ1n) is 7.52. The van der Waals surface area contributed by atoms with Gasteiger partial charge in [-0.1, -0.05) is 31.5 Å². The van der Waals surface area contributed by atoms with Gasteiger partial charge >= 0.3 is 0 Å². The number of amides is 1. The monoisotopic (exact) mass is 298 g/mol. The number of para-hydroxylation sites is 1. The lowest BCUT2D eigenvalue weighted by Gasteiger charge is -2.16. The summed E-state index contributed by atoms with van der Waals surface area (Å²) in [6.07, 6.45) is 3.46. The summed E-state index contributed by atoms with van der Waals surface area (Å²) in [7, 11) is 1.80. The second kappa shape index (κ2) is 7.54. The molecule has 0 aliphatic rings. The van der Waals surface area contributed by atoms with Crippen molar-refractivity contribution in [3.63, 3.8) is 0 Å². The van der Waals surface area contributed by atoms with Gasteiger partial charge in [0.05, 0.1) is 0 Å². The first-order valence-corrected chi connectivity index (χ1v) is 7.52. The molecule has 0 radical (unpaired) electrons. The molecule has 22 heavy (non-hydrogen) atoms. The Bertz CT molecular complexity index is 642. The van der Waals surface area contributed by atoms with Crippen molar-refractivity contribution >= 4 is 17.4 Å². The van der Waals surface area contributed by atoms with E-state index < -0.39 is 0 Å². The molecule has 0 spiro atoms. The van der Waals surface area contributed by atoms with Crippen molar-refractivity contribution in [3.05, 3.63) is 47.9 Å². The molecule has 0 saturated heterocycles. The van der Waals surface area contributed by atoms with E-state index >= 15 is 0 Å². The number of hydrogen-bond acceptors (Lipinski definition) is 4. The van der Waals surface area contributed by atoms with Gasteiger partial charge in [0.15, 0.2) is 0 Å². The van der Waals surface area contributed by atoms with Crippen LogP contribution in [0.15, 0.2) is 36.7 Å². The lowest BCUT2D eigenvalue weighted by Crippen LogP contribution is -2.28. The van der Waals surface area contributed by atoms with Gasteiger partial charge in [-0.15, -0.1) is 0 Å². The fraction of sp³-hybridized carbons (Fsp3) is 0.353. The molecular weight excluding hydrogens is 276 g/mol. The normalized spacial score (nSPS) is 10.3.